The van der Waals surface area contributed by atoms with Crippen molar-refractivity contribution < 1.29 is 17.9 Å². The van der Waals surface area contributed by atoms with E-state index >= 15 is 0 Å². The number of rotatable bonds is 5. The van der Waals surface area contributed by atoms with Gasteiger partial charge in [0.1, 0.15) is 19.0 Å². The second kappa shape index (κ2) is 7.80. The zero-order valence-corrected chi connectivity index (χ0v) is 16.5. The van der Waals surface area contributed by atoms with Crippen molar-refractivity contribution in [2.24, 2.45) is 0 Å². The van der Waals surface area contributed by atoms with Gasteiger partial charge in [0.05, 0.1) is 4.90 Å². The standard InChI is InChI=1S/C18H23N5O4S/c1-2-19-17-5-6-18(21-20-17)22-7-9-23(10-8-22)28(24,25)14-3-4-15-16(13-14)27-12-11-26-15/h3-6,13H,2,7-12H2,1H3,(H,19,20). The number of sulfonamides is 1. The molecule has 1 saturated heterocycles. The van der Waals surface area contributed by atoms with E-state index in [1.54, 1.807) is 18.2 Å². The molecule has 10 heteroatoms. The van der Waals surface area contributed by atoms with Crippen LogP contribution in [0.3, 0.4) is 0 Å². The number of ether oxygens (including phenoxy) is 2. The molecule has 0 radical (unpaired) electrons. The average molecular weight is 405 g/mol. The fourth-order valence-electron chi connectivity index (χ4n) is 3.26. The van der Waals surface area contributed by atoms with Crippen LogP contribution in [0.5, 0.6) is 11.5 Å². The summed E-state index contributed by atoms with van der Waals surface area (Å²) < 4.78 is 38.5. The molecule has 1 N–H and O–H groups in total. The smallest absolute Gasteiger partial charge is 0.243 e. The largest absolute Gasteiger partial charge is 0.486 e. The van der Waals surface area contributed by atoms with Crippen molar-refractivity contribution in [1.82, 2.24) is 14.5 Å². The van der Waals surface area contributed by atoms with Crippen molar-refractivity contribution >= 4 is 21.7 Å². The zero-order chi connectivity index (χ0) is 19.6. The van der Waals surface area contributed by atoms with Crippen LogP contribution >= 0.6 is 0 Å². The van der Waals surface area contributed by atoms with Crippen molar-refractivity contribution in [3.05, 3.63) is 30.3 Å². The van der Waals surface area contributed by atoms with Gasteiger partial charge in [-0.05, 0) is 31.2 Å². The van der Waals surface area contributed by atoms with Crippen LogP contribution in [0, 0.1) is 0 Å². The Labute approximate surface area is 164 Å². The molecule has 2 aliphatic rings. The Kier molecular flexibility index (Phi) is 5.23. The van der Waals surface area contributed by atoms with Crippen LogP contribution in [0.15, 0.2) is 35.2 Å². The maximum atomic E-state index is 13.0. The lowest BCUT2D eigenvalue weighted by molar-refractivity contribution is 0.171. The van der Waals surface area contributed by atoms with Crippen LogP contribution in [0.2, 0.25) is 0 Å². The van der Waals surface area contributed by atoms with E-state index in [9.17, 15) is 8.42 Å². The highest BCUT2D eigenvalue weighted by Crippen LogP contribution is 2.33. The number of nitrogens with one attached hydrogen (secondary N) is 1. The van der Waals surface area contributed by atoms with Gasteiger partial charge in [0.15, 0.2) is 17.3 Å². The molecular formula is C18H23N5O4S. The second-order valence-corrected chi connectivity index (χ2v) is 8.44. The molecule has 3 heterocycles. The van der Waals surface area contributed by atoms with Crippen LogP contribution < -0.4 is 19.7 Å². The van der Waals surface area contributed by atoms with E-state index < -0.39 is 10.0 Å². The third kappa shape index (κ3) is 3.69. The monoisotopic (exact) mass is 405 g/mol. The van der Waals surface area contributed by atoms with E-state index in [0.717, 1.165) is 18.2 Å². The molecule has 150 valence electrons. The molecule has 2 aliphatic heterocycles. The maximum absolute atomic E-state index is 13.0. The molecule has 0 aliphatic carbocycles. The molecule has 0 bridgehead atoms. The lowest BCUT2D eigenvalue weighted by Gasteiger charge is -2.34. The second-order valence-electron chi connectivity index (χ2n) is 6.50. The highest BCUT2D eigenvalue weighted by molar-refractivity contribution is 7.89. The highest BCUT2D eigenvalue weighted by atomic mass is 32.2. The van der Waals surface area contributed by atoms with E-state index in [4.69, 9.17) is 9.47 Å². The van der Waals surface area contributed by atoms with Gasteiger partial charge in [0, 0.05) is 38.8 Å². The number of piperazine rings is 1. The zero-order valence-electron chi connectivity index (χ0n) is 15.7. The number of anilines is 2. The lowest BCUT2D eigenvalue weighted by Crippen LogP contribution is -2.49. The van der Waals surface area contributed by atoms with Crippen LogP contribution in [0.1, 0.15) is 6.92 Å². The van der Waals surface area contributed by atoms with Crippen LogP contribution in [-0.4, -0.2) is 68.9 Å². The van der Waals surface area contributed by atoms with Gasteiger partial charge in [-0.25, -0.2) is 8.42 Å². The van der Waals surface area contributed by atoms with Gasteiger partial charge in [-0.3, -0.25) is 0 Å². The first-order chi connectivity index (χ1) is 13.6. The molecule has 2 aromatic rings. The molecule has 1 aromatic heterocycles. The Balaban J connectivity index is 1.44. The summed E-state index contributed by atoms with van der Waals surface area (Å²) in [6.45, 7) is 5.54. The highest BCUT2D eigenvalue weighted by Gasteiger charge is 2.30. The Bertz CT molecular complexity index is 927. The van der Waals surface area contributed by atoms with Gasteiger partial charge in [-0.15, -0.1) is 10.2 Å². The third-order valence-corrected chi connectivity index (χ3v) is 6.62. The third-order valence-electron chi connectivity index (χ3n) is 4.72. The fraction of sp³-hybridized carbons (Fsp3) is 0.444. The minimum atomic E-state index is -3.59. The molecule has 0 amide bonds. The van der Waals surface area contributed by atoms with Gasteiger partial charge >= 0.3 is 0 Å². The lowest BCUT2D eigenvalue weighted by atomic mass is 10.3. The van der Waals surface area contributed by atoms with Gasteiger partial charge < -0.3 is 19.7 Å². The van der Waals surface area contributed by atoms with E-state index in [1.807, 2.05) is 24.0 Å². The van der Waals surface area contributed by atoms with E-state index in [-0.39, 0.29) is 4.90 Å². The van der Waals surface area contributed by atoms with Gasteiger partial charge in [-0.1, -0.05) is 0 Å². The number of aromatic nitrogens is 2. The first-order valence-electron chi connectivity index (χ1n) is 9.30. The van der Waals surface area contributed by atoms with Crippen LogP contribution in [0.4, 0.5) is 11.6 Å². The van der Waals surface area contributed by atoms with Crippen LogP contribution in [0.25, 0.3) is 0 Å². The molecule has 4 rings (SSSR count). The first kappa shape index (κ1) is 18.8. The SMILES string of the molecule is CCNc1ccc(N2CCN(S(=O)(=O)c3ccc4c(c3)OCCO4)CC2)nn1. The summed E-state index contributed by atoms with van der Waals surface area (Å²) >= 11 is 0. The minimum Gasteiger partial charge on any atom is -0.486 e. The van der Waals surface area contributed by atoms with E-state index in [2.05, 4.69) is 15.5 Å². The molecule has 9 nitrogen and oxygen atoms in total. The summed E-state index contributed by atoms with van der Waals surface area (Å²) in [5.41, 5.74) is 0. The molecule has 0 atom stereocenters. The normalized spacial score (nSPS) is 17.4. The van der Waals surface area contributed by atoms with Gasteiger partial charge in [0.25, 0.3) is 0 Å². The first-order valence-corrected chi connectivity index (χ1v) is 10.7. The number of nitrogens with zero attached hydrogens (tertiary/aromatic N) is 4. The Morgan fingerprint density at radius 2 is 1.75 bits per heavy atom. The maximum Gasteiger partial charge on any atom is 0.243 e. The summed E-state index contributed by atoms with van der Waals surface area (Å²) in [4.78, 5) is 2.26. The topological polar surface area (TPSA) is 96.9 Å². The summed E-state index contributed by atoms with van der Waals surface area (Å²) in [5.74, 6) is 2.53. The Hall–Kier alpha value is -2.59. The van der Waals surface area contributed by atoms with Crippen LogP contribution in [-0.2, 0) is 10.0 Å². The average Bonchev–Trinajstić information content (AvgIpc) is 2.74. The molecule has 0 saturated carbocycles. The molecule has 1 fully saturated rings. The van der Waals surface area contributed by atoms with E-state index in [0.29, 0.717) is 50.9 Å². The summed E-state index contributed by atoms with van der Waals surface area (Å²) in [6.07, 6.45) is 0. The number of hydrogen-bond acceptors (Lipinski definition) is 8. The molecular weight excluding hydrogens is 382 g/mol. The van der Waals surface area contributed by atoms with Gasteiger partial charge in [-0.2, -0.15) is 4.31 Å². The quantitative estimate of drug-likeness (QED) is 0.792. The van der Waals surface area contributed by atoms with E-state index in [1.165, 1.54) is 4.31 Å². The molecule has 28 heavy (non-hydrogen) atoms. The predicted octanol–water partition coefficient (Wildman–Crippen LogP) is 1.19. The predicted molar refractivity (Wildman–Crippen MR) is 105 cm³/mol. The van der Waals surface area contributed by atoms with Crippen molar-refractivity contribution in [1.29, 1.82) is 0 Å². The van der Waals surface area contributed by atoms with Crippen molar-refractivity contribution in [2.75, 3.05) is 56.2 Å². The molecule has 0 spiro atoms. The minimum absolute atomic E-state index is 0.222. The summed E-state index contributed by atoms with van der Waals surface area (Å²) in [6, 6.07) is 8.54. The van der Waals surface area contributed by atoms with Gasteiger partial charge in [0.2, 0.25) is 10.0 Å². The van der Waals surface area contributed by atoms with Crippen molar-refractivity contribution in [3.8, 4) is 11.5 Å². The summed E-state index contributed by atoms with van der Waals surface area (Å²) in [7, 11) is -3.59. The molecule has 1 aromatic carbocycles. The summed E-state index contributed by atoms with van der Waals surface area (Å²) in [5, 5.41) is 11.5. The number of benzene rings is 1. The molecule has 0 unspecified atom stereocenters. The van der Waals surface area contributed by atoms with Crippen molar-refractivity contribution in [2.45, 2.75) is 11.8 Å². The number of fused-ring (bicyclic) bond motifs is 1. The van der Waals surface area contributed by atoms with Crippen molar-refractivity contribution in [3.63, 3.8) is 0 Å². The fourth-order valence-corrected chi connectivity index (χ4v) is 4.70. The number of hydrogen-bond donors (Lipinski definition) is 1. The Morgan fingerprint density at radius 3 is 2.43 bits per heavy atom. The Morgan fingerprint density at radius 1 is 1.00 bits per heavy atom.